The maximum atomic E-state index is 12.1. The molecule has 1 aliphatic heterocycles. The number of piperazine rings is 1. The molecule has 0 aromatic carbocycles. The molecule has 0 bridgehead atoms. The van der Waals surface area contributed by atoms with Gasteiger partial charge in [0.25, 0.3) is 0 Å². The standard InChI is InChI=1S/C15H24N4O2/c1-5-21-15(20)12-9-16-6-7-19(12)13-8-11(4)17-14(18-13)10(2)3/h8,10,12,16H,5-7,9H2,1-4H3. The van der Waals surface area contributed by atoms with E-state index in [2.05, 4.69) is 29.1 Å². The first-order valence-electron chi connectivity index (χ1n) is 7.52. The summed E-state index contributed by atoms with van der Waals surface area (Å²) in [5, 5.41) is 3.24. The van der Waals surface area contributed by atoms with Gasteiger partial charge in [0.1, 0.15) is 17.7 Å². The van der Waals surface area contributed by atoms with Gasteiger partial charge in [-0.3, -0.25) is 0 Å². The van der Waals surface area contributed by atoms with Gasteiger partial charge in [0.05, 0.1) is 6.61 Å². The van der Waals surface area contributed by atoms with Crippen molar-refractivity contribution in [2.45, 2.75) is 39.7 Å². The Kier molecular flexibility index (Phi) is 5.12. The Bertz CT molecular complexity index is 504. The lowest BCUT2D eigenvalue weighted by Crippen LogP contribution is -2.56. The number of anilines is 1. The number of nitrogens with zero attached hydrogens (tertiary/aromatic N) is 3. The van der Waals surface area contributed by atoms with Crippen LogP contribution in [0, 0.1) is 6.92 Å². The second-order valence-corrected chi connectivity index (χ2v) is 5.55. The molecule has 1 aromatic rings. The van der Waals surface area contributed by atoms with Crippen molar-refractivity contribution in [3.63, 3.8) is 0 Å². The molecule has 2 heterocycles. The van der Waals surface area contributed by atoms with E-state index >= 15 is 0 Å². The molecule has 1 N–H and O–H groups in total. The fourth-order valence-electron chi connectivity index (χ4n) is 2.41. The fourth-order valence-corrected chi connectivity index (χ4v) is 2.41. The van der Waals surface area contributed by atoms with Gasteiger partial charge in [0.15, 0.2) is 0 Å². The van der Waals surface area contributed by atoms with E-state index in [0.717, 1.165) is 30.4 Å². The van der Waals surface area contributed by atoms with Crippen molar-refractivity contribution in [2.75, 3.05) is 31.1 Å². The number of carbonyl (C=O) groups excluding carboxylic acids is 1. The van der Waals surface area contributed by atoms with Crippen molar-refractivity contribution in [1.29, 1.82) is 0 Å². The Hall–Kier alpha value is -1.69. The minimum absolute atomic E-state index is 0.202. The quantitative estimate of drug-likeness (QED) is 0.843. The van der Waals surface area contributed by atoms with E-state index in [1.807, 2.05) is 24.8 Å². The SMILES string of the molecule is CCOC(=O)C1CNCCN1c1cc(C)nc(C(C)C)n1. The number of carbonyl (C=O) groups is 1. The van der Waals surface area contributed by atoms with Gasteiger partial charge in [-0.25, -0.2) is 14.8 Å². The highest BCUT2D eigenvalue weighted by molar-refractivity contribution is 5.80. The molecule has 1 atom stereocenters. The first kappa shape index (κ1) is 15.7. The number of hydrogen-bond donors (Lipinski definition) is 1. The molecule has 2 rings (SSSR count). The van der Waals surface area contributed by atoms with Crippen LogP contribution >= 0.6 is 0 Å². The van der Waals surface area contributed by atoms with Crippen LogP contribution in [0.3, 0.4) is 0 Å². The molecule has 0 amide bonds. The van der Waals surface area contributed by atoms with Crippen molar-refractivity contribution >= 4 is 11.8 Å². The largest absolute Gasteiger partial charge is 0.464 e. The van der Waals surface area contributed by atoms with Gasteiger partial charge >= 0.3 is 5.97 Å². The van der Waals surface area contributed by atoms with E-state index in [4.69, 9.17) is 4.74 Å². The summed E-state index contributed by atoms with van der Waals surface area (Å²) in [7, 11) is 0. The molecule has 1 aliphatic rings. The summed E-state index contributed by atoms with van der Waals surface area (Å²) in [6, 6.07) is 1.61. The summed E-state index contributed by atoms with van der Waals surface area (Å²) in [5.74, 6) is 1.68. The zero-order valence-electron chi connectivity index (χ0n) is 13.2. The van der Waals surface area contributed by atoms with Crippen LogP contribution in [-0.2, 0) is 9.53 Å². The summed E-state index contributed by atoms with van der Waals surface area (Å²) in [4.78, 5) is 23.3. The van der Waals surface area contributed by atoms with Crippen molar-refractivity contribution in [3.8, 4) is 0 Å². The molecule has 0 spiro atoms. The van der Waals surface area contributed by atoms with Crippen LogP contribution in [0.25, 0.3) is 0 Å². The molecule has 0 saturated carbocycles. The molecular weight excluding hydrogens is 268 g/mol. The zero-order chi connectivity index (χ0) is 15.4. The van der Waals surface area contributed by atoms with E-state index in [0.29, 0.717) is 13.2 Å². The monoisotopic (exact) mass is 292 g/mol. The number of rotatable bonds is 4. The van der Waals surface area contributed by atoms with Gasteiger partial charge in [-0.05, 0) is 13.8 Å². The van der Waals surface area contributed by atoms with Crippen molar-refractivity contribution in [1.82, 2.24) is 15.3 Å². The number of aryl methyl sites for hydroxylation is 1. The maximum absolute atomic E-state index is 12.1. The Labute approximate surface area is 125 Å². The lowest BCUT2D eigenvalue weighted by atomic mass is 10.1. The van der Waals surface area contributed by atoms with Gasteiger partial charge in [-0.15, -0.1) is 0 Å². The van der Waals surface area contributed by atoms with Crippen molar-refractivity contribution in [3.05, 3.63) is 17.6 Å². The van der Waals surface area contributed by atoms with Gasteiger partial charge in [-0.1, -0.05) is 13.8 Å². The second-order valence-electron chi connectivity index (χ2n) is 5.55. The second kappa shape index (κ2) is 6.85. The third-order valence-electron chi connectivity index (χ3n) is 3.47. The Morgan fingerprint density at radius 1 is 1.52 bits per heavy atom. The van der Waals surface area contributed by atoms with E-state index in [9.17, 15) is 4.79 Å². The van der Waals surface area contributed by atoms with E-state index in [-0.39, 0.29) is 17.9 Å². The van der Waals surface area contributed by atoms with Crippen LogP contribution in [0.2, 0.25) is 0 Å². The minimum Gasteiger partial charge on any atom is -0.464 e. The van der Waals surface area contributed by atoms with Crippen LogP contribution in [0.15, 0.2) is 6.07 Å². The predicted molar refractivity (Wildman–Crippen MR) is 81.5 cm³/mol. The smallest absolute Gasteiger partial charge is 0.330 e. The van der Waals surface area contributed by atoms with Crippen LogP contribution in [-0.4, -0.2) is 48.2 Å². The molecule has 116 valence electrons. The summed E-state index contributed by atoms with van der Waals surface area (Å²) in [5.41, 5.74) is 0.921. The van der Waals surface area contributed by atoms with E-state index in [1.54, 1.807) is 0 Å². The molecule has 0 radical (unpaired) electrons. The van der Waals surface area contributed by atoms with E-state index < -0.39 is 0 Å². The van der Waals surface area contributed by atoms with Crippen LogP contribution in [0.5, 0.6) is 0 Å². The van der Waals surface area contributed by atoms with Crippen molar-refractivity contribution < 1.29 is 9.53 Å². The Morgan fingerprint density at radius 3 is 2.95 bits per heavy atom. The zero-order valence-corrected chi connectivity index (χ0v) is 13.2. The lowest BCUT2D eigenvalue weighted by Gasteiger charge is -2.35. The van der Waals surface area contributed by atoms with Crippen molar-refractivity contribution in [2.24, 2.45) is 0 Å². The van der Waals surface area contributed by atoms with Crippen LogP contribution < -0.4 is 10.2 Å². The first-order valence-corrected chi connectivity index (χ1v) is 7.52. The fraction of sp³-hybridized carbons (Fsp3) is 0.667. The summed E-state index contributed by atoms with van der Waals surface area (Å²) < 4.78 is 5.18. The molecule has 6 heteroatoms. The van der Waals surface area contributed by atoms with Gasteiger partial charge in [0.2, 0.25) is 0 Å². The molecule has 1 fully saturated rings. The Balaban J connectivity index is 2.30. The maximum Gasteiger partial charge on any atom is 0.330 e. The number of esters is 1. The number of ether oxygens (including phenoxy) is 1. The molecule has 1 unspecified atom stereocenters. The number of aromatic nitrogens is 2. The van der Waals surface area contributed by atoms with E-state index in [1.165, 1.54) is 0 Å². The average molecular weight is 292 g/mol. The average Bonchev–Trinajstić information content (AvgIpc) is 2.46. The summed E-state index contributed by atoms with van der Waals surface area (Å²) >= 11 is 0. The Morgan fingerprint density at radius 2 is 2.29 bits per heavy atom. The van der Waals surface area contributed by atoms with Gasteiger partial charge < -0.3 is 15.0 Å². The highest BCUT2D eigenvalue weighted by Crippen LogP contribution is 2.20. The lowest BCUT2D eigenvalue weighted by molar-refractivity contribution is -0.144. The first-order chi connectivity index (χ1) is 10.0. The summed E-state index contributed by atoms with van der Waals surface area (Å²) in [6.07, 6.45) is 0. The molecule has 1 aromatic heterocycles. The number of nitrogens with one attached hydrogen (secondary N) is 1. The van der Waals surface area contributed by atoms with Crippen LogP contribution in [0.1, 0.15) is 38.2 Å². The molecular formula is C15H24N4O2. The molecule has 1 saturated heterocycles. The predicted octanol–water partition coefficient (Wildman–Crippen LogP) is 1.25. The third-order valence-corrected chi connectivity index (χ3v) is 3.47. The molecule has 6 nitrogen and oxygen atoms in total. The van der Waals surface area contributed by atoms with Gasteiger partial charge in [-0.2, -0.15) is 0 Å². The minimum atomic E-state index is -0.326. The topological polar surface area (TPSA) is 67.3 Å². The normalized spacial score (nSPS) is 18.9. The van der Waals surface area contributed by atoms with Crippen LogP contribution in [0.4, 0.5) is 5.82 Å². The summed E-state index contributed by atoms with van der Waals surface area (Å²) in [6.45, 7) is 10.5. The van der Waals surface area contributed by atoms with Gasteiger partial charge in [0, 0.05) is 37.3 Å². The highest BCUT2D eigenvalue weighted by Gasteiger charge is 2.31. The number of hydrogen-bond acceptors (Lipinski definition) is 6. The highest BCUT2D eigenvalue weighted by atomic mass is 16.5. The third kappa shape index (κ3) is 3.69. The molecule has 0 aliphatic carbocycles. The molecule has 21 heavy (non-hydrogen) atoms.